The number of aliphatic carboxylic acids is 1. The molecule has 1 heterocycles. The van der Waals surface area contributed by atoms with Crippen molar-refractivity contribution in [3.63, 3.8) is 0 Å². The Kier molecular flexibility index (Phi) is 6.08. The first-order valence-corrected chi connectivity index (χ1v) is 6.85. The molecule has 1 saturated heterocycles. The summed E-state index contributed by atoms with van der Waals surface area (Å²) in [6.45, 7) is 7.39. The second-order valence-corrected chi connectivity index (χ2v) is 5.13. The van der Waals surface area contributed by atoms with E-state index in [2.05, 4.69) is 5.32 Å². The molecule has 1 fully saturated rings. The molecule has 6 nitrogen and oxygen atoms in total. The molecule has 0 spiro atoms. The van der Waals surface area contributed by atoms with E-state index in [0.717, 1.165) is 6.42 Å². The average molecular weight is 272 g/mol. The molecule has 0 aromatic rings. The highest BCUT2D eigenvalue weighted by molar-refractivity contribution is 5.82. The fourth-order valence-corrected chi connectivity index (χ4v) is 2.09. The van der Waals surface area contributed by atoms with Gasteiger partial charge in [-0.05, 0) is 19.3 Å². The van der Waals surface area contributed by atoms with Crippen LogP contribution in [0.3, 0.4) is 0 Å². The molecule has 0 aromatic carbocycles. The molecule has 2 amide bonds. The van der Waals surface area contributed by atoms with Crippen LogP contribution < -0.4 is 5.32 Å². The van der Waals surface area contributed by atoms with Crippen LogP contribution in [-0.4, -0.2) is 53.8 Å². The molecule has 0 saturated carbocycles. The number of hydrogen-bond acceptors (Lipinski definition) is 3. The molecular formula is C13H24N2O4. The summed E-state index contributed by atoms with van der Waals surface area (Å²) in [5.41, 5.74) is 0. The first-order valence-electron chi connectivity index (χ1n) is 6.85. The van der Waals surface area contributed by atoms with Gasteiger partial charge >= 0.3 is 12.0 Å². The molecule has 6 heteroatoms. The number of urea groups is 1. The van der Waals surface area contributed by atoms with Crippen LogP contribution in [0.4, 0.5) is 4.79 Å². The van der Waals surface area contributed by atoms with Crippen molar-refractivity contribution >= 4 is 12.0 Å². The summed E-state index contributed by atoms with van der Waals surface area (Å²) in [5.74, 6) is -1.08. The summed E-state index contributed by atoms with van der Waals surface area (Å²) in [5, 5.41) is 11.8. The average Bonchev–Trinajstić information content (AvgIpc) is 2.59. The van der Waals surface area contributed by atoms with Crippen LogP contribution in [0.1, 0.15) is 33.6 Å². The lowest BCUT2D eigenvalue weighted by atomic mass is 9.99. The van der Waals surface area contributed by atoms with Crippen molar-refractivity contribution in [2.24, 2.45) is 5.92 Å². The van der Waals surface area contributed by atoms with Gasteiger partial charge in [-0.1, -0.05) is 20.3 Å². The van der Waals surface area contributed by atoms with Gasteiger partial charge in [0.1, 0.15) is 6.04 Å². The SMILES string of the molecule is CCC(C)[C@H](NC(=O)N1CCCOC(C)C1)C(=O)O. The lowest BCUT2D eigenvalue weighted by molar-refractivity contribution is -0.140. The molecule has 0 bridgehead atoms. The zero-order valence-electron chi connectivity index (χ0n) is 11.9. The summed E-state index contributed by atoms with van der Waals surface area (Å²) in [7, 11) is 0. The van der Waals surface area contributed by atoms with Crippen molar-refractivity contribution in [1.82, 2.24) is 10.2 Å². The molecule has 1 aliphatic rings. The Hall–Kier alpha value is -1.30. The van der Waals surface area contributed by atoms with Gasteiger partial charge in [-0.25, -0.2) is 9.59 Å². The second-order valence-electron chi connectivity index (χ2n) is 5.13. The molecule has 2 unspecified atom stereocenters. The predicted molar refractivity (Wildman–Crippen MR) is 71.0 cm³/mol. The Bertz CT molecular complexity index is 322. The van der Waals surface area contributed by atoms with Gasteiger partial charge in [-0.2, -0.15) is 0 Å². The number of amides is 2. The maximum absolute atomic E-state index is 12.1. The Labute approximate surface area is 114 Å². The third-order valence-corrected chi connectivity index (χ3v) is 3.50. The van der Waals surface area contributed by atoms with Crippen molar-refractivity contribution in [1.29, 1.82) is 0 Å². The van der Waals surface area contributed by atoms with E-state index in [1.165, 1.54) is 0 Å². The predicted octanol–water partition coefficient (Wildman–Crippen LogP) is 1.31. The first-order chi connectivity index (χ1) is 8.95. The number of carboxylic acid groups (broad SMARTS) is 1. The standard InChI is InChI=1S/C13H24N2O4/c1-4-9(2)11(12(16)17)14-13(18)15-6-5-7-19-10(3)8-15/h9-11H,4-8H2,1-3H3,(H,14,18)(H,16,17)/t9?,10?,11-/m0/s1. The van der Waals surface area contributed by atoms with Gasteiger partial charge in [-0.3, -0.25) is 0 Å². The molecule has 0 aromatic heterocycles. The first kappa shape index (κ1) is 15.8. The van der Waals surface area contributed by atoms with E-state index < -0.39 is 12.0 Å². The Morgan fingerprint density at radius 3 is 2.79 bits per heavy atom. The number of nitrogens with one attached hydrogen (secondary N) is 1. The summed E-state index contributed by atoms with van der Waals surface area (Å²) in [6, 6.07) is -1.15. The number of nitrogens with zero attached hydrogens (tertiary/aromatic N) is 1. The van der Waals surface area contributed by atoms with Crippen LogP contribution in [0, 0.1) is 5.92 Å². The molecule has 19 heavy (non-hydrogen) atoms. The van der Waals surface area contributed by atoms with E-state index in [1.807, 2.05) is 20.8 Å². The monoisotopic (exact) mass is 272 g/mol. The highest BCUT2D eigenvalue weighted by Gasteiger charge is 2.28. The van der Waals surface area contributed by atoms with Crippen LogP contribution in [0.5, 0.6) is 0 Å². The van der Waals surface area contributed by atoms with Crippen LogP contribution >= 0.6 is 0 Å². The van der Waals surface area contributed by atoms with E-state index >= 15 is 0 Å². The third-order valence-electron chi connectivity index (χ3n) is 3.50. The van der Waals surface area contributed by atoms with Crippen molar-refractivity contribution < 1.29 is 19.4 Å². The minimum Gasteiger partial charge on any atom is -0.480 e. The summed E-state index contributed by atoms with van der Waals surface area (Å²) >= 11 is 0. The Morgan fingerprint density at radius 1 is 1.53 bits per heavy atom. The minimum absolute atomic E-state index is 0.0138. The molecule has 1 rings (SSSR count). The molecule has 1 aliphatic heterocycles. The highest BCUT2D eigenvalue weighted by Crippen LogP contribution is 2.10. The highest BCUT2D eigenvalue weighted by atomic mass is 16.5. The second kappa shape index (κ2) is 7.33. The summed E-state index contributed by atoms with van der Waals surface area (Å²) in [6.07, 6.45) is 1.47. The molecule has 3 atom stereocenters. The van der Waals surface area contributed by atoms with Crippen molar-refractivity contribution in [2.75, 3.05) is 19.7 Å². The number of rotatable bonds is 4. The van der Waals surface area contributed by atoms with Gasteiger partial charge in [0.15, 0.2) is 0 Å². The zero-order valence-corrected chi connectivity index (χ0v) is 11.9. The van der Waals surface area contributed by atoms with E-state index in [9.17, 15) is 14.7 Å². The van der Waals surface area contributed by atoms with Gasteiger partial charge in [-0.15, -0.1) is 0 Å². The van der Waals surface area contributed by atoms with Crippen molar-refractivity contribution in [3.8, 4) is 0 Å². The van der Waals surface area contributed by atoms with Crippen LogP contribution in [0.15, 0.2) is 0 Å². The van der Waals surface area contributed by atoms with Gasteiger partial charge in [0, 0.05) is 19.7 Å². The van der Waals surface area contributed by atoms with E-state index in [1.54, 1.807) is 4.90 Å². The quantitative estimate of drug-likeness (QED) is 0.808. The number of carboxylic acids is 1. The fourth-order valence-electron chi connectivity index (χ4n) is 2.09. The van der Waals surface area contributed by atoms with Crippen LogP contribution in [-0.2, 0) is 9.53 Å². The topological polar surface area (TPSA) is 78.9 Å². The van der Waals surface area contributed by atoms with E-state index in [0.29, 0.717) is 26.1 Å². The maximum Gasteiger partial charge on any atom is 0.326 e. The summed E-state index contributed by atoms with van der Waals surface area (Å²) in [4.78, 5) is 25.0. The van der Waals surface area contributed by atoms with Gasteiger partial charge in [0.2, 0.25) is 0 Å². The normalized spacial score (nSPS) is 23.3. The number of hydrogen-bond donors (Lipinski definition) is 2. The largest absolute Gasteiger partial charge is 0.480 e. The molecule has 0 aliphatic carbocycles. The van der Waals surface area contributed by atoms with Crippen LogP contribution in [0.2, 0.25) is 0 Å². The zero-order chi connectivity index (χ0) is 14.4. The molecule has 2 N–H and O–H groups in total. The van der Waals surface area contributed by atoms with Gasteiger partial charge in [0.05, 0.1) is 6.10 Å². The number of carbonyl (C=O) groups excluding carboxylic acids is 1. The third kappa shape index (κ3) is 4.70. The van der Waals surface area contributed by atoms with Crippen molar-refractivity contribution in [3.05, 3.63) is 0 Å². The molecule has 0 radical (unpaired) electrons. The molecular weight excluding hydrogens is 248 g/mol. The number of carbonyl (C=O) groups is 2. The van der Waals surface area contributed by atoms with E-state index in [-0.39, 0.29) is 18.1 Å². The maximum atomic E-state index is 12.1. The Balaban J connectivity index is 2.62. The van der Waals surface area contributed by atoms with Crippen LogP contribution in [0.25, 0.3) is 0 Å². The lowest BCUT2D eigenvalue weighted by Gasteiger charge is -2.26. The molecule has 110 valence electrons. The van der Waals surface area contributed by atoms with E-state index in [4.69, 9.17) is 4.74 Å². The van der Waals surface area contributed by atoms with Gasteiger partial charge in [0.25, 0.3) is 0 Å². The van der Waals surface area contributed by atoms with Crippen molar-refractivity contribution in [2.45, 2.75) is 45.8 Å². The smallest absolute Gasteiger partial charge is 0.326 e. The van der Waals surface area contributed by atoms with Gasteiger partial charge < -0.3 is 20.1 Å². The Morgan fingerprint density at radius 2 is 2.21 bits per heavy atom. The lowest BCUT2D eigenvalue weighted by Crippen LogP contribution is -2.51. The summed E-state index contributed by atoms with van der Waals surface area (Å²) < 4.78 is 5.47. The minimum atomic E-state index is -0.984. The number of ether oxygens (including phenoxy) is 1. The fraction of sp³-hybridized carbons (Fsp3) is 0.846.